The molecule has 0 spiro atoms. The molecular formula is C40H37F5N8O4. The number of carbonyl (C=O) groups excluding carboxylic acids is 4. The first-order chi connectivity index (χ1) is 27.1. The van der Waals surface area contributed by atoms with Gasteiger partial charge in [0.05, 0.1) is 41.7 Å². The summed E-state index contributed by atoms with van der Waals surface area (Å²) in [6.45, 7) is 3.67. The molecule has 12 nitrogen and oxygen atoms in total. The van der Waals surface area contributed by atoms with E-state index >= 15 is 4.39 Å². The predicted molar refractivity (Wildman–Crippen MR) is 199 cm³/mol. The fourth-order valence-electron chi connectivity index (χ4n) is 5.78. The molecule has 0 saturated heterocycles. The molecule has 296 valence electrons. The molecule has 5 rings (SSSR count). The topological polar surface area (TPSA) is 150 Å². The smallest absolute Gasteiger partial charge is 0.254 e. The second-order valence-electron chi connectivity index (χ2n) is 12.9. The summed E-state index contributed by atoms with van der Waals surface area (Å²) < 4.78 is 71.9. The number of hydrogen-bond donors (Lipinski definition) is 2. The highest BCUT2D eigenvalue weighted by Gasteiger charge is 2.30. The Balaban J connectivity index is 1.42. The number of nitrogens with zero attached hydrogens (tertiary/aromatic N) is 6. The number of anilines is 2. The van der Waals surface area contributed by atoms with Crippen LogP contribution < -0.4 is 20.4 Å². The molecule has 5 aromatic rings. The summed E-state index contributed by atoms with van der Waals surface area (Å²) in [7, 11) is 2.75. The van der Waals surface area contributed by atoms with Crippen LogP contribution in [-0.4, -0.2) is 69.7 Å². The van der Waals surface area contributed by atoms with Crippen LogP contribution in [0.2, 0.25) is 0 Å². The number of aryl methyl sites for hydroxylation is 2. The van der Waals surface area contributed by atoms with E-state index in [9.17, 15) is 36.7 Å². The van der Waals surface area contributed by atoms with E-state index in [0.717, 1.165) is 52.3 Å². The lowest BCUT2D eigenvalue weighted by atomic mass is 10.0. The molecule has 2 N–H and O–H groups in total. The number of likely N-dealkylation sites (N-methyl/N-ethyl adjacent to an activating group) is 2. The van der Waals surface area contributed by atoms with Crippen LogP contribution in [-0.2, 0) is 35.3 Å². The second kappa shape index (κ2) is 18.3. The van der Waals surface area contributed by atoms with E-state index in [1.807, 2.05) is 13.8 Å². The molecule has 2 unspecified atom stereocenters. The highest BCUT2D eigenvalue weighted by molar-refractivity contribution is 6.05. The Bertz CT molecular complexity index is 2240. The van der Waals surface area contributed by atoms with Crippen LogP contribution in [0.4, 0.5) is 33.3 Å². The summed E-state index contributed by atoms with van der Waals surface area (Å²) in [5.74, 6) is -7.41. The Kier molecular flexibility index (Phi) is 13.3. The largest absolute Gasteiger partial charge is 0.340 e. The molecule has 0 radical (unpaired) electrons. The van der Waals surface area contributed by atoms with Crippen LogP contribution in [0.25, 0.3) is 0 Å². The van der Waals surface area contributed by atoms with Crippen molar-refractivity contribution in [2.75, 3.05) is 23.9 Å². The van der Waals surface area contributed by atoms with E-state index in [1.54, 1.807) is 0 Å². The first-order valence-corrected chi connectivity index (χ1v) is 17.6. The molecule has 0 aliphatic heterocycles. The Morgan fingerprint density at radius 1 is 0.579 bits per heavy atom. The number of carbonyl (C=O) groups is 4. The van der Waals surface area contributed by atoms with Crippen molar-refractivity contribution in [1.29, 1.82) is 0 Å². The summed E-state index contributed by atoms with van der Waals surface area (Å²) in [4.78, 5) is 73.9. The molecule has 2 aromatic heterocycles. The third kappa shape index (κ3) is 10.6. The minimum Gasteiger partial charge on any atom is -0.340 e. The Hall–Kier alpha value is -6.65. The molecule has 0 aliphatic rings. The first-order valence-electron chi connectivity index (χ1n) is 17.6. The van der Waals surface area contributed by atoms with Gasteiger partial charge in [0.15, 0.2) is 0 Å². The predicted octanol–water partition coefficient (Wildman–Crippen LogP) is 5.10. The van der Waals surface area contributed by atoms with E-state index in [1.165, 1.54) is 38.9 Å². The number of nitrogens with one attached hydrogen (secondary N) is 2. The SMILES string of the molecule is CCc1ncc(N(C)C(=O)C(Cc2cc(F)cc(F)c2)NC(=O)c2ccc(F)c(C(=O)NC(Cc3cc(F)cc(F)c3)C(=O)N(C)c3cnc(CC)nc3)c2)cn1. The highest BCUT2D eigenvalue weighted by atomic mass is 19.1. The zero-order valence-corrected chi connectivity index (χ0v) is 31.2. The van der Waals surface area contributed by atoms with E-state index in [2.05, 4.69) is 30.6 Å². The van der Waals surface area contributed by atoms with Crippen LogP contribution in [0.15, 0.2) is 79.4 Å². The van der Waals surface area contributed by atoms with Crippen molar-refractivity contribution in [3.05, 3.63) is 142 Å². The maximum atomic E-state index is 15.3. The quantitative estimate of drug-likeness (QED) is 0.148. The van der Waals surface area contributed by atoms with Gasteiger partial charge >= 0.3 is 0 Å². The van der Waals surface area contributed by atoms with Crippen LogP contribution in [0.1, 0.15) is 57.3 Å². The second-order valence-corrected chi connectivity index (χ2v) is 12.9. The van der Waals surface area contributed by atoms with Crippen molar-refractivity contribution < 1.29 is 41.1 Å². The van der Waals surface area contributed by atoms with Gasteiger partial charge in [0, 0.05) is 57.5 Å². The van der Waals surface area contributed by atoms with Crippen LogP contribution in [0, 0.1) is 29.1 Å². The van der Waals surface area contributed by atoms with Crippen LogP contribution >= 0.6 is 0 Å². The molecule has 0 saturated carbocycles. The standard InChI is InChI=1S/C40H37F5N8O4/c1-5-35-46-18-29(19-47-35)52(3)39(56)33(13-22-9-25(41)16-26(42)10-22)50-37(54)24-7-8-32(45)31(15-24)38(55)51-34(14-23-11-27(43)17-28(44)12-23)40(57)53(4)30-20-48-36(6-2)49-21-30/h7-12,15-21,33-34H,5-6,13-14H2,1-4H3,(H,50,54)(H,51,55). The van der Waals surface area contributed by atoms with E-state index < -0.39 is 76.8 Å². The average molecular weight is 789 g/mol. The van der Waals surface area contributed by atoms with Crippen molar-refractivity contribution in [2.45, 2.75) is 51.6 Å². The zero-order valence-electron chi connectivity index (χ0n) is 31.2. The third-order valence-corrected chi connectivity index (χ3v) is 8.86. The molecule has 2 atom stereocenters. The van der Waals surface area contributed by atoms with Crippen molar-refractivity contribution in [2.24, 2.45) is 0 Å². The molecule has 4 amide bonds. The number of amides is 4. The minimum absolute atomic E-state index is 0.00236. The summed E-state index contributed by atoms with van der Waals surface area (Å²) >= 11 is 0. The maximum Gasteiger partial charge on any atom is 0.254 e. The third-order valence-electron chi connectivity index (χ3n) is 8.86. The van der Waals surface area contributed by atoms with Crippen molar-refractivity contribution in [3.63, 3.8) is 0 Å². The molecule has 0 fully saturated rings. The van der Waals surface area contributed by atoms with Gasteiger partial charge in [-0.3, -0.25) is 19.2 Å². The fraction of sp³-hybridized carbons (Fsp3) is 0.250. The van der Waals surface area contributed by atoms with Gasteiger partial charge in [-0.05, 0) is 53.6 Å². The van der Waals surface area contributed by atoms with Gasteiger partial charge < -0.3 is 20.4 Å². The Labute approximate surface area is 324 Å². The van der Waals surface area contributed by atoms with Gasteiger partial charge in [0.2, 0.25) is 11.8 Å². The lowest BCUT2D eigenvalue weighted by Gasteiger charge is -2.25. The minimum atomic E-state index is -1.52. The van der Waals surface area contributed by atoms with Crippen molar-refractivity contribution in [3.8, 4) is 0 Å². The zero-order chi connectivity index (χ0) is 41.4. The van der Waals surface area contributed by atoms with Gasteiger partial charge in [0.1, 0.15) is 52.8 Å². The average Bonchev–Trinajstić information content (AvgIpc) is 3.18. The molecule has 57 heavy (non-hydrogen) atoms. The molecule has 0 aliphatic carbocycles. The van der Waals surface area contributed by atoms with Crippen LogP contribution in [0.3, 0.4) is 0 Å². The molecule has 17 heteroatoms. The Morgan fingerprint density at radius 3 is 1.35 bits per heavy atom. The first kappa shape index (κ1) is 41.5. The highest BCUT2D eigenvalue weighted by Crippen LogP contribution is 2.19. The maximum absolute atomic E-state index is 15.3. The van der Waals surface area contributed by atoms with Crippen molar-refractivity contribution >= 4 is 35.0 Å². The molecule has 2 heterocycles. The van der Waals surface area contributed by atoms with E-state index in [0.29, 0.717) is 36.6 Å². The van der Waals surface area contributed by atoms with Crippen molar-refractivity contribution in [1.82, 2.24) is 30.6 Å². The number of hydrogen-bond acceptors (Lipinski definition) is 8. The molecule has 0 bridgehead atoms. The number of halogens is 5. The lowest BCUT2D eigenvalue weighted by Crippen LogP contribution is -2.49. The molecular weight excluding hydrogens is 751 g/mol. The summed E-state index contributed by atoms with van der Waals surface area (Å²) in [5, 5.41) is 4.92. The number of aromatic nitrogens is 4. The van der Waals surface area contributed by atoms with E-state index in [4.69, 9.17) is 0 Å². The summed E-state index contributed by atoms with van der Waals surface area (Å²) in [5.41, 5.74) is -0.481. The van der Waals surface area contributed by atoms with Gasteiger partial charge in [0.25, 0.3) is 11.8 Å². The van der Waals surface area contributed by atoms with Crippen LogP contribution in [0.5, 0.6) is 0 Å². The normalized spacial score (nSPS) is 12.0. The number of rotatable bonds is 14. The lowest BCUT2D eigenvalue weighted by molar-refractivity contribution is -0.120. The van der Waals surface area contributed by atoms with Gasteiger partial charge in [-0.1, -0.05) is 13.8 Å². The Morgan fingerprint density at radius 2 is 0.965 bits per heavy atom. The summed E-state index contributed by atoms with van der Waals surface area (Å²) in [6.07, 6.45) is 5.79. The monoisotopic (exact) mass is 788 g/mol. The number of benzene rings is 3. The molecule has 3 aromatic carbocycles. The van der Waals surface area contributed by atoms with Gasteiger partial charge in [-0.2, -0.15) is 0 Å². The summed E-state index contributed by atoms with van der Waals surface area (Å²) in [6, 6.07) is 4.99. The van der Waals surface area contributed by atoms with E-state index in [-0.39, 0.29) is 34.5 Å². The van der Waals surface area contributed by atoms with Gasteiger partial charge in [-0.15, -0.1) is 0 Å². The fourth-order valence-corrected chi connectivity index (χ4v) is 5.78. The van der Waals surface area contributed by atoms with Gasteiger partial charge in [-0.25, -0.2) is 41.9 Å².